The third kappa shape index (κ3) is 2.74. The normalized spacial score (nSPS) is 12.7. The molecule has 0 aliphatic heterocycles. The molecular weight excluding hydrogens is 246 g/mol. The molecule has 1 heterocycles. The number of benzene rings is 1. The van der Waals surface area contributed by atoms with Gasteiger partial charge in [0.25, 0.3) is 0 Å². The van der Waals surface area contributed by atoms with Crippen LogP contribution in [0.3, 0.4) is 0 Å². The average molecular weight is 264 g/mol. The lowest BCUT2D eigenvalue weighted by Gasteiger charge is -2.18. The molecule has 0 radical (unpaired) electrons. The molecule has 2 rings (SSSR count). The van der Waals surface area contributed by atoms with Crippen LogP contribution in [0.5, 0.6) is 0 Å². The zero-order valence-corrected chi connectivity index (χ0v) is 11.7. The predicted molar refractivity (Wildman–Crippen MR) is 74.9 cm³/mol. The minimum Gasteiger partial charge on any atom is -0.305 e. The van der Waals surface area contributed by atoms with Crippen molar-refractivity contribution in [2.75, 3.05) is 6.54 Å². The molecule has 2 aromatic rings. The lowest BCUT2D eigenvalue weighted by molar-refractivity contribution is 0.572. The summed E-state index contributed by atoms with van der Waals surface area (Å²) in [6.07, 6.45) is 0. The lowest BCUT2D eigenvalue weighted by atomic mass is 10.0. The molecule has 18 heavy (non-hydrogen) atoms. The average Bonchev–Trinajstić information content (AvgIpc) is 2.65. The van der Waals surface area contributed by atoms with Crippen molar-refractivity contribution >= 4 is 11.6 Å². The summed E-state index contributed by atoms with van der Waals surface area (Å²) < 4.78 is 1.92. The second-order valence-electron chi connectivity index (χ2n) is 4.38. The van der Waals surface area contributed by atoms with Gasteiger partial charge in [0.2, 0.25) is 0 Å². The molecule has 1 N–H and O–H groups in total. The summed E-state index contributed by atoms with van der Waals surface area (Å²) in [5.41, 5.74) is 3.33. The quantitative estimate of drug-likeness (QED) is 0.919. The summed E-state index contributed by atoms with van der Waals surface area (Å²) in [7, 11) is 1.97. The van der Waals surface area contributed by atoms with Crippen molar-refractivity contribution < 1.29 is 0 Å². The minimum atomic E-state index is 0.125. The topological polar surface area (TPSA) is 29.9 Å². The molecule has 1 atom stereocenters. The van der Waals surface area contributed by atoms with E-state index in [1.54, 1.807) is 0 Å². The molecule has 3 nitrogen and oxygen atoms in total. The molecule has 0 amide bonds. The highest BCUT2D eigenvalue weighted by Crippen LogP contribution is 2.24. The second kappa shape index (κ2) is 5.55. The van der Waals surface area contributed by atoms with Crippen LogP contribution in [-0.2, 0) is 7.05 Å². The Hall–Kier alpha value is -1.32. The van der Waals surface area contributed by atoms with Crippen LogP contribution in [0.1, 0.15) is 29.9 Å². The molecule has 1 aromatic heterocycles. The highest BCUT2D eigenvalue weighted by Gasteiger charge is 2.17. The summed E-state index contributed by atoms with van der Waals surface area (Å²) in [6.45, 7) is 4.99. The van der Waals surface area contributed by atoms with Crippen molar-refractivity contribution in [2.45, 2.75) is 19.9 Å². The fraction of sp³-hybridized carbons (Fsp3) is 0.357. The second-order valence-corrected chi connectivity index (χ2v) is 4.82. The van der Waals surface area contributed by atoms with E-state index in [9.17, 15) is 0 Å². The summed E-state index contributed by atoms with van der Waals surface area (Å²) in [6, 6.07) is 10.2. The van der Waals surface area contributed by atoms with Crippen molar-refractivity contribution in [3.05, 3.63) is 52.3 Å². The van der Waals surface area contributed by atoms with Gasteiger partial charge in [-0.1, -0.05) is 30.7 Å². The molecule has 1 aromatic carbocycles. The molecule has 0 saturated heterocycles. The van der Waals surface area contributed by atoms with Crippen LogP contribution in [0, 0.1) is 6.92 Å². The van der Waals surface area contributed by atoms with Gasteiger partial charge in [-0.05, 0) is 37.2 Å². The maximum Gasteiger partial charge on any atom is 0.0748 e. The van der Waals surface area contributed by atoms with Gasteiger partial charge < -0.3 is 5.32 Å². The van der Waals surface area contributed by atoms with Crippen LogP contribution >= 0.6 is 11.6 Å². The van der Waals surface area contributed by atoms with E-state index in [4.69, 9.17) is 11.6 Å². The first-order chi connectivity index (χ1) is 8.61. The largest absolute Gasteiger partial charge is 0.305 e. The monoisotopic (exact) mass is 263 g/mol. The molecule has 0 fully saturated rings. The zero-order valence-electron chi connectivity index (χ0n) is 10.9. The van der Waals surface area contributed by atoms with Crippen molar-refractivity contribution in [3.63, 3.8) is 0 Å². The van der Waals surface area contributed by atoms with E-state index < -0.39 is 0 Å². The Morgan fingerprint density at radius 3 is 2.72 bits per heavy atom. The molecule has 0 bridgehead atoms. The van der Waals surface area contributed by atoms with E-state index in [2.05, 4.69) is 29.5 Å². The van der Waals surface area contributed by atoms with Crippen molar-refractivity contribution in [2.24, 2.45) is 7.05 Å². The van der Waals surface area contributed by atoms with Crippen molar-refractivity contribution in [1.82, 2.24) is 15.1 Å². The number of hydrogen-bond acceptors (Lipinski definition) is 2. The van der Waals surface area contributed by atoms with Crippen molar-refractivity contribution in [3.8, 4) is 0 Å². The summed E-state index contributed by atoms with van der Waals surface area (Å²) in [5, 5.41) is 8.64. The van der Waals surface area contributed by atoms with Gasteiger partial charge in [-0.2, -0.15) is 5.10 Å². The third-order valence-corrected chi connectivity index (χ3v) is 3.16. The maximum absolute atomic E-state index is 6.07. The van der Waals surface area contributed by atoms with E-state index in [-0.39, 0.29) is 6.04 Å². The SMILES string of the molecule is CCNC(c1cccc(Cl)c1)c1cc(C)nn1C. The number of halogens is 1. The first-order valence-electron chi connectivity index (χ1n) is 6.11. The van der Waals surface area contributed by atoms with E-state index in [1.165, 1.54) is 0 Å². The fourth-order valence-corrected chi connectivity index (χ4v) is 2.38. The fourth-order valence-electron chi connectivity index (χ4n) is 2.18. The molecular formula is C14H18ClN3. The Morgan fingerprint density at radius 2 is 2.17 bits per heavy atom. The summed E-state index contributed by atoms with van der Waals surface area (Å²) in [5.74, 6) is 0. The van der Waals surface area contributed by atoms with Gasteiger partial charge in [0.05, 0.1) is 17.4 Å². The van der Waals surface area contributed by atoms with E-state index in [0.29, 0.717) is 0 Å². The van der Waals surface area contributed by atoms with Crippen LogP contribution in [-0.4, -0.2) is 16.3 Å². The van der Waals surface area contributed by atoms with Gasteiger partial charge in [0.1, 0.15) is 0 Å². The minimum absolute atomic E-state index is 0.125. The highest BCUT2D eigenvalue weighted by molar-refractivity contribution is 6.30. The number of aromatic nitrogens is 2. The number of hydrogen-bond donors (Lipinski definition) is 1. The predicted octanol–water partition coefficient (Wildman–Crippen LogP) is 3.08. The Balaban J connectivity index is 2.42. The molecule has 96 valence electrons. The Morgan fingerprint density at radius 1 is 1.39 bits per heavy atom. The molecule has 0 spiro atoms. The lowest BCUT2D eigenvalue weighted by Crippen LogP contribution is -2.24. The van der Waals surface area contributed by atoms with Gasteiger partial charge in [0, 0.05) is 12.1 Å². The number of rotatable bonds is 4. The van der Waals surface area contributed by atoms with E-state index >= 15 is 0 Å². The van der Waals surface area contributed by atoms with E-state index in [0.717, 1.165) is 28.5 Å². The first kappa shape index (κ1) is 13.1. The van der Waals surface area contributed by atoms with Crippen molar-refractivity contribution in [1.29, 1.82) is 0 Å². The molecule has 0 aliphatic carbocycles. The zero-order chi connectivity index (χ0) is 13.1. The van der Waals surface area contributed by atoms with Gasteiger partial charge in [-0.3, -0.25) is 4.68 Å². The van der Waals surface area contributed by atoms with Gasteiger partial charge in [-0.15, -0.1) is 0 Å². The maximum atomic E-state index is 6.07. The Labute approximate surface area is 113 Å². The molecule has 0 aliphatic rings. The van der Waals surface area contributed by atoms with Gasteiger partial charge >= 0.3 is 0 Å². The highest BCUT2D eigenvalue weighted by atomic mass is 35.5. The standard InChI is InChI=1S/C14H18ClN3/c1-4-16-14(11-6-5-7-12(15)9-11)13-8-10(2)17-18(13)3/h5-9,14,16H,4H2,1-3H3. The van der Waals surface area contributed by atoms with Crippen LogP contribution in [0.4, 0.5) is 0 Å². The Kier molecular flexibility index (Phi) is 4.04. The van der Waals surface area contributed by atoms with Crippen LogP contribution < -0.4 is 5.32 Å². The van der Waals surface area contributed by atoms with Gasteiger partial charge in [-0.25, -0.2) is 0 Å². The third-order valence-electron chi connectivity index (χ3n) is 2.92. The Bertz CT molecular complexity index is 534. The molecule has 4 heteroatoms. The van der Waals surface area contributed by atoms with Crippen LogP contribution in [0.2, 0.25) is 5.02 Å². The number of nitrogens with zero attached hydrogens (tertiary/aromatic N) is 2. The van der Waals surface area contributed by atoms with Gasteiger partial charge in [0.15, 0.2) is 0 Å². The molecule has 1 unspecified atom stereocenters. The first-order valence-corrected chi connectivity index (χ1v) is 6.49. The summed E-state index contributed by atoms with van der Waals surface area (Å²) >= 11 is 6.07. The van der Waals surface area contributed by atoms with Crippen LogP contribution in [0.15, 0.2) is 30.3 Å². The number of nitrogens with one attached hydrogen (secondary N) is 1. The number of aryl methyl sites for hydroxylation is 2. The molecule has 0 saturated carbocycles. The van der Waals surface area contributed by atoms with Crippen LogP contribution in [0.25, 0.3) is 0 Å². The smallest absolute Gasteiger partial charge is 0.0748 e. The summed E-state index contributed by atoms with van der Waals surface area (Å²) in [4.78, 5) is 0. The van der Waals surface area contributed by atoms with E-state index in [1.807, 2.05) is 36.9 Å².